The molecule has 1 aliphatic rings. The van der Waals surface area contributed by atoms with Gasteiger partial charge in [0.25, 0.3) is 5.91 Å². The Kier molecular flexibility index (Phi) is 5.74. The Morgan fingerprint density at radius 1 is 1.19 bits per heavy atom. The summed E-state index contributed by atoms with van der Waals surface area (Å²) in [6.45, 7) is 11.1. The van der Waals surface area contributed by atoms with E-state index in [1.165, 1.54) is 11.1 Å². The third kappa shape index (κ3) is 4.31. The third-order valence-electron chi connectivity index (χ3n) is 5.25. The number of piperazine rings is 1. The molecular weight excluding hydrogens is 328 g/mol. The van der Waals surface area contributed by atoms with Crippen LogP contribution in [-0.4, -0.2) is 66.7 Å². The summed E-state index contributed by atoms with van der Waals surface area (Å²) in [5.74, 6) is 0.426. The predicted octanol–water partition coefficient (Wildman–Crippen LogP) is 2.32. The van der Waals surface area contributed by atoms with Crippen molar-refractivity contribution in [2.45, 2.75) is 26.8 Å². The molecule has 140 valence electrons. The van der Waals surface area contributed by atoms with Crippen molar-refractivity contribution in [3.8, 4) is 11.3 Å². The standard InChI is InChI=1S/C20H28N4O2/c1-14-5-6-17(11-15(14)2)19-12-18(22-26-19)20(25)21-13-16(3)24-9-7-23(4)8-10-24/h5-6,11-12,16H,7-10,13H2,1-4H3,(H,21,25). The lowest BCUT2D eigenvalue weighted by Gasteiger charge is -2.36. The van der Waals surface area contributed by atoms with E-state index in [0.29, 0.717) is 24.0 Å². The van der Waals surface area contributed by atoms with Gasteiger partial charge in [-0.05, 0) is 45.0 Å². The topological polar surface area (TPSA) is 61.6 Å². The van der Waals surface area contributed by atoms with Gasteiger partial charge in [-0.15, -0.1) is 0 Å². The minimum Gasteiger partial charge on any atom is -0.355 e. The molecule has 6 heteroatoms. The molecule has 0 aliphatic carbocycles. The highest BCUT2D eigenvalue weighted by Gasteiger charge is 2.20. The fraction of sp³-hybridized carbons (Fsp3) is 0.500. The fourth-order valence-electron chi connectivity index (χ4n) is 3.14. The van der Waals surface area contributed by atoms with Gasteiger partial charge < -0.3 is 14.7 Å². The molecule has 0 spiro atoms. The number of hydrogen-bond acceptors (Lipinski definition) is 5. The molecule has 1 saturated heterocycles. The molecule has 1 aromatic carbocycles. The lowest BCUT2D eigenvalue weighted by molar-refractivity contribution is 0.0895. The fourth-order valence-corrected chi connectivity index (χ4v) is 3.14. The number of nitrogens with one attached hydrogen (secondary N) is 1. The summed E-state index contributed by atoms with van der Waals surface area (Å²) in [5.41, 5.74) is 3.67. The molecule has 1 aromatic heterocycles. The number of likely N-dealkylation sites (N-methyl/N-ethyl adjacent to an activating group) is 1. The van der Waals surface area contributed by atoms with E-state index in [-0.39, 0.29) is 5.91 Å². The Hall–Kier alpha value is -2.18. The number of nitrogens with zero attached hydrogens (tertiary/aromatic N) is 3. The highest BCUT2D eigenvalue weighted by atomic mass is 16.5. The summed E-state index contributed by atoms with van der Waals surface area (Å²) >= 11 is 0. The van der Waals surface area contributed by atoms with E-state index >= 15 is 0 Å². The van der Waals surface area contributed by atoms with Crippen LogP contribution in [0.1, 0.15) is 28.5 Å². The monoisotopic (exact) mass is 356 g/mol. The van der Waals surface area contributed by atoms with Gasteiger partial charge >= 0.3 is 0 Å². The normalized spacial score (nSPS) is 17.2. The molecule has 26 heavy (non-hydrogen) atoms. The van der Waals surface area contributed by atoms with E-state index in [1.807, 2.05) is 18.2 Å². The van der Waals surface area contributed by atoms with E-state index in [0.717, 1.165) is 31.7 Å². The van der Waals surface area contributed by atoms with Gasteiger partial charge in [-0.3, -0.25) is 9.69 Å². The van der Waals surface area contributed by atoms with Crippen molar-refractivity contribution in [3.63, 3.8) is 0 Å². The number of carbonyl (C=O) groups is 1. The minimum atomic E-state index is -0.190. The van der Waals surface area contributed by atoms with Crippen LogP contribution in [0.5, 0.6) is 0 Å². The minimum absolute atomic E-state index is 0.190. The van der Waals surface area contributed by atoms with Crippen molar-refractivity contribution in [1.29, 1.82) is 0 Å². The SMILES string of the molecule is Cc1ccc(-c2cc(C(=O)NCC(C)N3CCN(C)CC3)no2)cc1C. The van der Waals surface area contributed by atoms with Gasteiger partial charge in [-0.1, -0.05) is 17.3 Å². The van der Waals surface area contributed by atoms with E-state index in [1.54, 1.807) is 6.07 Å². The van der Waals surface area contributed by atoms with Crippen LogP contribution in [0.25, 0.3) is 11.3 Å². The number of hydrogen-bond donors (Lipinski definition) is 1. The molecule has 0 bridgehead atoms. The zero-order chi connectivity index (χ0) is 18.7. The van der Waals surface area contributed by atoms with Crippen molar-refractivity contribution in [2.24, 2.45) is 0 Å². The second-order valence-corrected chi connectivity index (χ2v) is 7.27. The van der Waals surface area contributed by atoms with Crippen LogP contribution in [0.15, 0.2) is 28.8 Å². The molecular formula is C20H28N4O2. The first-order chi connectivity index (χ1) is 12.4. The largest absolute Gasteiger partial charge is 0.355 e. The van der Waals surface area contributed by atoms with Crippen LogP contribution in [0.4, 0.5) is 0 Å². The summed E-state index contributed by atoms with van der Waals surface area (Å²) in [7, 11) is 2.14. The summed E-state index contributed by atoms with van der Waals surface area (Å²) < 4.78 is 5.37. The maximum Gasteiger partial charge on any atom is 0.273 e. The van der Waals surface area contributed by atoms with E-state index in [2.05, 4.69) is 48.1 Å². The van der Waals surface area contributed by atoms with Crippen LogP contribution < -0.4 is 5.32 Å². The number of amides is 1. The van der Waals surface area contributed by atoms with Gasteiger partial charge in [0.2, 0.25) is 0 Å². The molecule has 3 rings (SSSR count). The van der Waals surface area contributed by atoms with E-state index < -0.39 is 0 Å². The molecule has 0 saturated carbocycles. The van der Waals surface area contributed by atoms with Crippen LogP contribution in [0.3, 0.4) is 0 Å². The Labute approximate surface area is 155 Å². The average Bonchev–Trinajstić information content (AvgIpc) is 3.12. The highest BCUT2D eigenvalue weighted by Crippen LogP contribution is 2.23. The number of carbonyl (C=O) groups excluding carboxylic acids is 1. The highest BCUT2D eigenvalue weighted by molar-refractivity contribution is 5.93. The maximum absolute atomic E-state index is 12.4. The Morgan fingerprint density at radius 3 is 2.62 bits per heavy atom. The number of benzene rings is 1. The molecule has 1 N–H and O–H groups in total. The van der Waals surface area contributed by atoms with Gasteiger partial charge in [-0.25, -0.2) is 0 Å². The predicted molar refractivity (Wildman–Crippen MR) is 102 cm³/mol. The first kappa shape index (κ1) is 18.6. The van der Waals surface area contributed by atoms with Crippen molar-refractivity contribution < 1.29 is 9.32 Å². The molecule has 0 radical (unpaired) electrons. The quantitative estimate of drug-likeness (QED) is 0.891. The summed E-state index contributed by atoms with van der Waals surface area (Å²) in [6, 6.07) is 8.09. The average molecular weight is 356 g/mol. The molecule has 1 aliphatic heterocycles. The lowest BCUT2D eigenvalue weighted by atomic mass is 10.0. The third-order valence-corrected chi connectivity index (χ3v) is 5.25. The number of rotatable bonds is 5. The molecule has 6 nitrogen and oxygen atoms in total. The van der Waals surface area contributed by atoms with Gasteiger partial charge in [0, 0.05) is 50.4 Å². The second kappa shape index (κ2) is 8.01. The van der Waals surface area contributed by atoms with Gasteiger partial charge in [0.15, 0.2) is 11.5 Å². The molecule has 1 unspecified atom stereocenters. The lowest BCUT2D eigenvalue weighted by Crippen LogP contribution is -2.51. The Balaban J connectivity index is 1.57. The van der Waals surface area contributed by atoms with Gasteiger partial charge in [0.1, 0.15) is 0 Å². The molecule has 1 fully saturated rings. The smallest absolute Gasteiger partial charge is 0.273 e. The Bertz CT molecular complexity index is 763. The molecule has 1 atom stereocenters. The Morgan fingerprint density at radius 2 is 1.92 bits per heavy atom. The first-order valence-corrected chi connectivity index (χ1v) is 9.19. The zero-order valence-corrected chi connectivity index (χ0v) is 16.1. The van der Waals surface area contributed by atoms with Crippen molar-refractivity contribution >= 4 is 5.91 Å². The zero-order valence-electron chi connectivity index (χ0n) is 16.1. The van der Waals surface area contributed by atoms with Crippen molar-refractivity contribution in [2.75, 3.05) is 39.8 Å². The number of aromatic nitrogens is 1. The molecule has 2 heterocycles. The van der Waals surface area contributed by atoms with Crippen LogP contribution in [-0.2, 0) is 0 Å². The first-order valence-electron chi connectivity index (χ1n) is 9.19. The van der Waals surface area contributed by atoms with E-state index in [9.17, 15) is 4.79 Å². The number of aryl methyl sites for hydroxylation is 2. The van der Waals surface area contributed by atoms with Crippen LogP contribution in [0.2, 0.25) is 0 Å². The van der Waals surface area contributed by atoms with Gasteiger partial charge in [0.05, 0.1) is 0 Å². The second-order valence-electron chi connectivity index (χ2n) is 7.27. The van der Waals surface area contributed by atoms with E-state index in [4.69, 9.17) is 4.52 Å². The maximum atomic E-state index is 12.4. The van der Waals surface area contributed by atoms with Crippen molar-refractivity contribution in [3.05, 3.63) is 41.1 Å². The molecule has 1 amide bonds. The summed E-state index contributed by atoms with van der Waals surface area (Å²) in [5, 5.41) is 6.91. The summed E-state index contributed by atoms with van der Waals surface area (Å²) in [6.07, 6.45) is 0. The van der Waals surface area contributed by atoms with Gasteiger partial charge in [-0.2, -0.15) is 0 Å². The van der Waals surface area contributed by atoms with Crippen molar-refractivity contribution in [1.82, 2.24) is 20.3 Å². The molecule has 2 aromatic rings. The summed E-state index contributed by atoms with van der Waals surface area (Å²) in [4.78, 5) is 17.1. The van der Waals surface area contributed by atoms with Crippen LogP contribution in [0, 0.1) is 13.8 Å². The van der Waals surface area contributed by atoms with Crippen LogP contribution >= 0.6 is 0 Å².